The van der Waals surface area contributed by atoms with Crippen LogP contribution < -0.4 is 20.3 Å². The molecule has 2 N–H and O–H groups in total. The van der Waals surface area contributed by atoms with Crippen molar-refractivity contribution in [2.24, 2.45) is 0 Å². The number of halogens is 1. The zero-order chi connectivity index (χ0) is 22.4. The fourth-order valence-electron chi connectivity index (χ4n) is 4.58. The molecule has 1 fully saturated rings. The molecule has 4 aromatic rings. The number of benzene rings is 1. The third-order valence-electron chi connectivity index (χ3n) is 6.40. The van der Waals surface area contributed by atoms with Crippen molar-refractivity contribution in [3.8, 4) is 17.0 Å². The van der Waals surface area contributed by atoms with Crippen molar-refractivity contribution in [3.63, 3.8) is 0 Å². The molecule has 5 heterocycles. The monoisotopic (exact) mass is 448 g/mol. The van der Waals surface area contributed by atoms with Gasteiger partial charge in [-0.05, 0) is 32.0 Å². The van der Waals surface area contributed by atoms with Crippen LogP contribution in [-0.2, 0) is 0 Å². The lowest BCUT2D eigenvalue weighted by molar-refractivity contribution is 0.309. The lowest BCUT2D eigenvalue weighted by Crippen LogP contribution is -2.29. The van der Waals surface area contributed by atoms with Crippen molar-refractivity contribution in [1.82, 2.24) is 29.5 Å². The molecule has 2 aliphatic rings. The molecule has 0 amide bonds. The predicted molar refractivity (Wildman–Crippen MR) is 124 cm³/mol. The molecule has 3 aromatic heterocycles. The summed E-state index contributed by atoms with van der Waals surface area (Å²) in [5, 5.41) is 11.2. The summed E-state index contributed by atoms with van der Waals surface area (Å²) >= 11 is 0. The number of imidazole rings is 1. The summed E-state index contributed by atoms with van der Waals surface area (Å²) in [4.78, 5) is 11.1. The van der Waals surface area contributed by atoms with E-state index in [1.165, 1.54) is 6.07 Å². The van der Waals surface area contributed by atoms with Gasteiger partial charge in [0.1, 0.15) is 18.2 Å². The van der Waals surface area contributed by atoms with Gasteiger partial charge in [0, 0.05) is 37.3 Å². The highest BCUT2D eigenvalue weighted by atomic mass is 19.1. The Morgan fingerprint density at radius 1 is 1.18 bits per heavy atom. The van der Waals surface area contributed by atoms with E-state index in [9.17, 15) is 0 Å². The van der Waals surface area contributed by atoms with Crippen LogP contribution in [0.5, 0.6) is 5.75 Å². The molecule has 9 nitrogen and oxygen atoms in total. The molecule has 0 aliphatic carbocycles. The maximum Gasteiger partial charge on any atom is 0.180 e. The number of piperidine rings is 1. The minimum absolute atomic E-state index is 0.357. The highest BCUT2D eigenvalue weighted by Crippen LogP contribution is 2.37. The molecular formula is C23H25FN8O. The Morgan fingerprint density at radius 2 is 2.06 bits per heavy atom. The average molecular weight is 449 g/mol. The van der Waals surface area contributed by atoms with Gasteiger partial charge >= 0.3 is 0 Å². The minimum Gasteiger partial charge on any atom is -0.489 e. The number of nitrogens with zero attached hydrogens (tertiary/aromatic N) is 6. The number of hydrogen-bond donors (Lipinski definition) is 2. The van der Waals surface area contributed by atoms with Crippen molar-refractivity contribution in [2.75, 3.05) is 43.5 Å². The van der Waals surface area contributed by atoms with Gasteiger partial charge in [-0.3, -0.25) is 9.08 Å². The summed E-state index contributed by atoms with van der Waals surface area (Å²) in [6.07, 6.45) is 11.1. The molecule has 1 aromatic carbocycles. The second kappa shape index (κ2) is 8.04. The molecule has 0 unspecified atom stereocenters. The van der Waals surface area contributed by atoms with E-state index in [0.717, 1.165) is 43.9 Å². The quantitative estimate of drug-likeness (QED) is 0.496. The summed E-state index contributed by atoms with van der Waals surface area (Å²) in [6.45, 7) is 3.31. The number of nitrogens with one attached hydrogen (secondary N) is 2. The number of hydrogen-bond acceptors (Lipinski definition) is 7. The van der Waals surface area contributed by atoms with Crippen LogP contribution in [0.15, 0.2) is 43.1 Å². The molecule has 0 saturated carbocycles. The first-order valence-electron chi connectivity index (χ1n) is 11.2. The molecule has 0 spiro atoms. The Morgan fingerprint density at radius 3 is 2.94 bits per heavy atom. The fourth-order valence-corrected chi connectivity index (χ4v) is 4.58. The van der Waals surface area contributed by atoms with Crippen molar-refractivity contribution < 1.29 is 9.13 Å². The average Bonchev–Trinajstić information content (AvgIpc) is 3.50. The highest BCUT2D eigenvalue weighted by molar-refractivity contribution is 5.77. The second-order valence-electron chi connectivity index (χ2n) is 8.50. The highest BCUT2D eigenvalue weighted by Gasteiger charge is 2.21. The summed E-state index contributed by atoms with van der Waals surface area (Å²) in [7, 11) is 1.98. The Balaban J connectivity index is 1.34. The van der Waals surface area contributed by atoms with E-state index in [-0.39, 0.29) is 5.82 Å². The molecule has 10 heteroatoms. The van der Waals surface area contributed by atoms with Gasteiger partial charge in [0.25, 0.3) is 0 Å². The van der Waals surface area contributed by atoms with Crippen LogP contribution >= 0.6 is 0 Å². The second-order valence-corrected chi connectivity index (χ2v) is 8.50. The molecule has 0 atom stereocenters. The smallest absolute Gasteiger partial charge is 0.180 e. The summed E-state index contributed by atoms with van der Waals surface area (Å²) in [5.41, 5.74) is 3.39. The Kier molecular flexibility index (Phi) is 4.87. The van der Waals surface area contributed by atoms with E-state index in [0.29, 0.717) is 41.1 Å². The fraction of sp³-hybridized carbons (Fsp3) is 0.348. The lowest BCUT2D eigenvalue weighted by Gasteiger charge is -2.28. The van der Waals surface area contributed by atoms with Gasteiger partial charge in [0.05, 0.1) is 42.0 Å². The van der Waals surface area contributed by atoms with Gasteiger partial charge in [0.2, 0.25) is 0 Å². The van der Waals surface area contributed by atoms with Crippen molar-refractivity contribution in [3.05, 3.63) is 48.9 Å². The van der Waals surface area contributed by atoms with Gasteiger partial charge in [-0.25, -0.2) is 14.4 Å². The molecule has 170 valence electrons. The van der Waals surface area contributed by atoms with Crippen molar-refractivity contribution in [1.29, 1.82) is 0 Å². The van der Waals surface area contributed by atoms with Gasteiger partial charge in [-0.15, -0.1) is 0 Å². The normalized spacial score (nSPS) is 16.6. The standard InChI is InChI=1S/C23H25FN8O/c1-30-8-9-33-21-11-18(24)17(10-19(21)30)20-13-27-22(23-26-6-7-31(20)23)29-15-12-28-32(14-15)16-2-4-25-5-3-16/h6-7,10-14,16,25H,2-5,8-9H2,1H3,(H,27,29). The van der Waals surface area contributed by atoms with Gasteiger partial charge < -0.3 is 20.3 Å². The first-order valence-corrected chi connectivity index (χ1v) is 11.2. The number of likely N-dealkylation sites (N-methyl/N-ethyl adjacent to an activating group) is 1. The molecular weight excluding hydrogens is 423 g/mol. The Bertz CT molecular complexity index is 1310. The van der Waals surface area contributed by atoms with E-state index < -0.39 is 0 Å². The zero-order valence-electron chi connectivity index (χ0n) is 18.3. The number of anilines is 3. The van der Waals surface area contributed by atoms with Crippen LogP contribution in [0, 0.1) is 5.82 Å². The molecule has 6 rings (SSSR count). The largest absolute Gasteiger partial charge is 0.489 e. The van der Waals surface area contributed by atoms with E-state index >= 15 is 4.39 Å². The molecule has 33 heavy (non-hydrogen) atoms. The van der Waals surface area contributed by atoms with Crippen molar-refractivity contribution >= 4 is 22.8 Å². The van der Waals surface area contributed by atoms with Crippen LogP contribution in [0.3, 0.4) is 0 Å². The zero-order valence-corrected chi connectivity index (χ0v) is 18.3. The van der Waals surface area contributed by atoms with E-state index in [1.54, 1.807) is 18.6 Å². The molecule has 0 bridgehead atoms. The minimum atomic E-state index is -0.357. The van der Waals surface area contributed by atoms with Crippen LogP contribution in [0.2, 0.25) is 0 Å². The third kappa shape index (κ3) is 3.56. The first-order chi connectivity index (χ1) is 16.2. The van der Waals surface area contributed by atoms with Crippen molar-refractivity contribution in [2.45, 2.75) is 18.9 Å². The maximum absolute atomic E-state index is 15.1. The Hall–Kier alpha value is -3.66. The van der Waals surface area contributed by atoms with Gasteiger partial charge in [-0.1, -0.05) is 0 Å². The Labute approximate surface area is 190 Å². The van der Waals surface area contributed by atoms with E-state index in [2.05, 4.69) is 30.6 Å². The first kappa shape index (κ1) is 20.0. The predicted octanol–water partition coefficient (Wildman–Crippen LogP) is 3.23. The summed E-state index contributed by atoms with van der Waals surface area (Å²) < 4.78 is 24.6. The lowest BCUT2D eigenvalue weighted by atomic mass is 10.1. The number of ether oxygens (including phenoxy) is 1. The molecule has 0 radical (unpaired) electrons. The SMILES string of the molecule is CN1CCOc2cc(F)c(-c3cnc(Nc4cnn(C5CCNCC5)c4)c4nccn34)cc21. The number of fused-ring (bicyclic) bond motifs is 2. The van der Waals surface area contributed by atoms with E-state index in [4.69, 9.17) is 4.74 Å². The molecule has 2 aliphatic heterocycles. The van der Waals surface area contributed by atoms with Gasteiger partial charge in [0.15, 0.2) is 11.5 Å². The third-order valence-corrected chi connectivity index (χ3v) is 6.40. The number of rotatable bonds is 4. The summed E-state index contributed by atoms with van der Waals surface area (Å²) in [5.74, 6) is 0.793. The van der Waals surface area contributed by atoms with Gasteiger partial charge in [-0.2, -0.15) is 5.10 Å². The van der Waals surface area contributed by atoms with Crippen LogP contribution in [0.1, 0.15) is 18.9 Å². The topological polar surface area (TPSA) is 84.5 Å². The maximum atomic E-state index is 15.1. The van der Waals surface area contributed by atoms with E-state index in [1.807, 2.05) is 34.6 Å². The van der Waals surface area contributed by atoms with Crippen LogP contribution in [0.4, 0.5) is 21.6 Å². The van der Waals surface area contributed by atoms with Crippen LogP contribution in [0.25, 0.3) is 16.9 Å². The number of aromatic nitrogens is 5. The van der Waals surface area contributed by atoms with Crippen LogP contribution in [-0.4, -0.2) is 57.4 Å². The summed E-state index contributed by atoms with van der Waals surface area (Å²) in [6, 6.07) is 3.67. The molecule has 1 saturated heterocycles.